The Morgan fingerprint density at radius 3 is 2.31 bits per heavy atom. The largest absolute Gasteiger partial charge is 0.433 e. The SMILES string of the molecule is C[C@@H](CO)NC[C@H](O)c1cc(C(F)(F)F)nc2c(C(F)(F)F)cccc12. The molecule has 0 saturated heterocycles. The van der Waals surface area contributed by atoms with Crippen LogP contribution < -0.4 is 5.32 Å². The summed E-state index contributed by atoms with van der Waals surface area (Å²) < 4.78 is 78.7. The molecule has 2 atom stereocenters. The third kappa shape index (κ3) is 4.43. The third-order valence-corrected chi connectivity index (χ3v) is 3.76. The van der Waals surface area contributed by atoms with Gasteiger partial charge < -0.3 is 15.5 Å². The molecule has 1 aromatic carbocycles. The van der Waals surface area contributed by atoms with E-state index < -0.39 is 41.3 Å². The monoisotopic (exact) mass is 382 g/mol. The van der Waals surface area contributed by atoms with Gasteiger partial charge in [0.15, 0.2) is 0 Å². The molecule has 10 heteroatoms. The van der Waals surface area contributed by atoms with Gasteiger partial charge in [0.05, 0.1) is 23.8 Å². The minimum atomic E-state index is -4.98. The number of alkyl halides is 6. The van der Waals surface area contributed by atoms with Gasteiger partial charge in [0.2, 0.25) is 0 Å². The fourth-order valence-electron chi connectivity index (χ4n) is 2.41. The summed E-state index contributed by atoms with van der Waals surface area (Å²) >= 11 is 0. The number of aromatic nitrogens is 1. The van der Waals surface area contributed by atoms with Crippen molar-refractivity contribution in [2.45, 2.75) is 31.4 Å². The van der Waals surface area contributed by atoms with Gasteiger partial charge in [0.1, 0.15) is 5.69 Å². The van der Waals surface area contributed by atoms with Crippen LogP contribution in [-0.4, -0.2) is 34.4 Å². The van der Waals surface area contributed by atoms with Crippen molar-refractivity contribution in [3.63, 3.8) is 0 Å². The fourth-order valence-corrected chi connectivity index (χ4v) is 2.41. The number of rotatable bonds is 5. The van der Waals surface area contributed by atoms with Gasteiger partial charge in [-0.3, -0.25) is 0 Å². The van der Waals surface area contributed by atoms with E-state index >= 15 is 0 Å². The first-order valence-corrected chi connectivity index (χ1v) is 7.55. The van der Waals surface area contributed by atoms with Crippen LogP contribution in [0.25, 0.3) is 10.9 Å². The Morgan fingerprint density at radius 1 is 1.12 bits per heavy atom. The van der Waals surface area contributed by atoms with Gasteiger partial charge in [-0.25, -0.2) is 4.98 Å². The van der Waals surface area contributed by atoms with E-state index in [1.54, 1.807) is 6.92 Å². The average molecular weight is 382 g/mol. The molecule has 0 unspecified atom stereocenters. The number of halogens is 6. The summed E-state index contributed by atoms with van der Waals surface area (Å²) in [6, 6.07) is 2.94. The molecule has 0 aliphatic carbocycles. The molecule has 0 aliphatic heterocycles. The Balaban J connectivity index is 2.64. The number of pyridine rings is 1. The smallest absolute Gasteiger partial charge is 0.395 e. The van der Waals surface area contributed by atoms with Gasteiger partial charge in [0.25, 0.3) is 0 Å². The number of hydrogen-bond donors (Lipinski definition) is 3. The van der Waals surface area contributed by atoms with Gasteiger partial charge in [0, 0.05) is 18.0 Å². The van der Waals surface area contributed by atoms with Crippen molar-refractivity contribution in [3.05, 3.63) is 41.1 Å². The maximum atomic E-state index is 13.2. The normalized spacial score (nSPS) is 15.3. The minimum absolute atomic E-state index is 0.223. The fraction of sp³-hybridized carbons (Fsp3) is 0.438. The van der Waals surface area contributed by atoms with E-state index in [4.69, 9.17) is 5.11 Å². The van der Waals surface area contributed by atoms with Crippen LogP contribution in [0.3, 0.4) is 0 Å². The second-order valence-electron chi connectivity index (χ2n) is 5.80. The Bertz CT molecular complexity index is 776. The summed E-state index contributed by atoms with van der Waals surface area (Å²) in [5.74, 6) is 0. The van der Waals surface area contributed by atoms with Gasteiger partial charge in [-0.15, -0.1) is 0 Å². The zero-order chi connectivity index (χ0) is 19.7. The van der Waals surface area contributed by atoms with Crippen molar-refractivity contribution in [2.24, 2.45) is 0 Å². The quantitative estimate of drug-likeness (QED) is 0.695. The molecule has 0 radical (unpaired) electrons. The lowest BCUT2D eigenvalue weighted by Gasteiger charge is -2.20. The highest BCUT2D eigenvalue weighted by Gasteiger charge is 2.37. The number of benzene rings is 1. The summed E-state index contributed by atoms with van der Waals surface area (Å²) in [4.78, 5) is 3.15. The second-order valence-corrected chi connectivity index (χ2v) is 5.80. The first-order valence-electron chi connectivity index (χ1n) is 7.55. The zero-order valence-electron chi connectivity index (χ0n) is 13.5. The molecule has 1 heterocycles. The van der Waals surface area contributed by atoms with E-state index in [0.717, 1.165) is 6.07 Å². The van der Waals surface area contributed by atoms with Crippen molar-refractivity contribution in [1.82, 2.24) is 10.3 Å². The molecule has 26 heavy (non-hydrogen) atoms. The predicted octanol–water partition coefficient (Wildman–Crippen LogP) is 3.28. The Morgan fingerprint density at radius 2 is 1.77 bits per heavy atom. The molecule has 2 aromatic rings. The summed E-state index contributed by atoms with van der Waals surface area (Å²) in [5, 5.41) is 21.6. The molecule has 0 saturated carbocycles. The van der Waals surface area contributed by atoms with E-state index in [1.165, 1.54) is 6.07 Å². The molecule has 2 rings (SSSR count). The maximum Gasteiger partial charge on any atom is 0.433 e. The number of aliphatic hydroxyl groups excluding tert-OH is 2. The summed E-state index contributed by atoms with van der Waals surface area (Å²) in [7, 11) is 0. The third-order valence-electron chi connectivity index (χ3n) is 3.76. The number of para-hydroxylation sites is 1. The predicted molar refractivity (Wildman–Crippen MR) is 81.3 cm³/mol. The number of nitrogens with zero attached hydrogens (tertiary/aromatic N) is 1. The molecule has 1 aromatic heterocycles. The van der Waals surface area contributed by atoms with Crippen LogP contribution in [0.4, 0.5) is 26.3 Å². The second kappa shape index (κ2) is 7.37. The number of nitrogens with one attached hydrogen (secondary N) is 1. The van der Waals surface area contributed by atoms with Gasteiger partial charge in [-0.2, -0.15) is 26.3 Å². The topological polar surface area (TPSA) is 65.4 Å². The zero-order valence-corrected chi connectivity index (χ0v) is 13.5. The van der Waals surface area contributed by atoms with E-state index in [2.05, 4.69) is 10.3 Å². The summed E-state index contributed by atoms with van der Waals surface area (Å²) in [5.41, 5.74) is -4.04. The first-order chi connectivity index (χ1) is 11.9. The molecule has 0 amide bonds. The van der Waals surface area contributed by atoms with Crippen LogP contribution >= 0.6 is 0 Å². The lowest BCUT2D eigenvalue weighted by molar-refractivity contribution is -0.142. The maximum absolute atomic E-state index is 13.2. The van der Waals surface area contributed by atoms with Crippen LogP contribution in [0, 0.1) is 0 Å². The van der Waals surface area contributed by atoms with Gasteiger partial charge >= 0.3 is 12.4 Å². The molecule has 0 bridgehead atoms. The van der Waals surface area contributed by atoms with E-state index in [-0.39, 0.29) is 24.1 Å². The van der Waals surface area contributed by atoms with Crippen molar-refractivity contribution in [1.29, 1.82) is 0 Å². The standard InChI is InChI=1S/C16H16F6N2O2/c1-8(7-25)23-6-12(26)10-5-13(16(20,21)22)24-14-9(10)3-2-4-11(14)15(17,18)19/h2-5,8,12,23,25-26H,6-7H2,1H3/t8-,12-/m0/s1. The van der Waals surface area contributed by atoms with Crippen molar-refractivity contribution in [2.75, 3.05) is 13.2 Å². The van der Waals surface area contributed by atoms with Crippen LogP contribution in [0.5, 0.6) is 0 Å². The molecule has 0 fully saturated rings. The first kappa shape index (κ1) is 20.4. The number of fused-ring (bicyclic) bond motifs is 1. The molecule has 144 valence electrons. The molecular formula is C16H16F6N2O2. The van der Waals surface area contributed by atoms with E-state index in [9.17, 15) is 31.4 Å². The van der Waals surface area contributed by atoms with Crippen LogP contribution in [0.2, 0.25) is 0 Å². The Hall–Kier alpha value is -1.91. The van der Waals surface area contributed by atoms with E-state index in [0.29, 0.717) is 12.1 Å². The average Bonchev–Trinajstić information content (AvgIpc) is 2.55. The van der Waals surface area contributed by atoms with Crippen LogP contribution in [-0.2, 0) is 12.4 Å². The molecule has 0 spiro atoms. The van der Waals surface area contributed by atoms with Crippen molar-refractivity contribution in [3.8, 4) is 0 Å². The number of hydrogen-bond acceptors (Lipinski definition) is 4. The van der Waals surface area contributed by atoms with Gasteiger partial charge in [-0.1, -0.05) is 12.1 Å². The summed E-state index contributed by atoms with van der Waals surface area (Å²) in [6.07, 6.45) is -11.4. The molecule has 3 N–H and O–H groups in total. The Labute approximate surface area is 144 Å². The number of aliphatic hydroxyl groups is 2. The highest BCUT2D eigenvalue weighted by atomic mass is 19.4. The minimum Gasteiger partial charge on any atom is -0.395 e. The highest BCUT2D eigenvalue weighted by Crippen LogP contribution is 2.38. The van der Waals surface area contributed by atoms with Gasteiger partial charge in [-0.05, 0) is 24.6 Å². The lowest BCUT2D eigenvalue weighted by Crippen LogP contribution is -2.33. The van der Waals surface area contributed by atoms with Crippen molar-refractivity contribution >= 4 is 10.9 Å². The van der Waals surface area contributed by atoms with E-state index in [1.807, 2.05) is 0 Å². The lowest BCUT2D eigenvalue weighted by atomic mass is 9.99. The van der Waals surface area contributed by atoms with Crippen molar-refractivity contribution < 1.29 is 36.6 Å². The van der Waals surface area contributed by atoms with Crippen LogP contribution in [0.1, 0.15) is 29.8 Å². The highest BCUT2D eigenvalue weighted by molar-refractivity contribution is 5.86. The van der Waals surface area contributed by atoms with Crippen LogP contribution in [0.15, 0.2) is 24.3 Å². The molecule has 4 nitrogen and oxygen atoms in total. The molecule has 0 aliphatic rings. The Kier molecular flexibility index (Phi) is 5.79. The summed E-state index contributed by atoms with van der Waals surface area (Å²) in [6.45, 7) is 1.03. The molecular weight excluding hydrogens is 366 g/mol.